The molecule has 0 aliphatic heterocycles. The van der Waals surface area contributed by atoms with Gasteiger partial charge in [-0.25, -0.2) is 0 Å². The minimum Gasteiger partial charge on any atom is -0.258 e. The van der Waals surface area contributed by atoms with Gasteiger partial charge in [0.1, 0.15) is 0 Å². The molecule has 1 aromatic rings. The quantitative estimate of drug-likeness (QED) is 0.678. The highest BCUT2D eigenvalue weighted by Gasteiger charge is 2.15. The monoisotopic (exact) mass is 229 g/mol. The molecular formula is C16H23N. The Labute approximate surface area is 105 Å². The third-order valence-corrected chi connectivity index (χ3v) is 3.89. The number of aryl methyl sites for hydroxylation is 2. The molecule has 1 nitrogen and oxygen atoms in total. The predicted molar refractivity (Wildman–Crippen MR) is 75.3 cm³/mol. The topological polar surface area (TPSA) is 12.4 Å². The van der Waals surface area contributed by atoms with Gasteiger partial charge < -0.3 is 0 Å². The van der Waals surface area contributed by atoms with E-state index in [1.807, 2.05) is 0 Å². The molecule has 17 heavy (non-hydrogen) atoms. The standard InChI is InChI=1S/C16H23N/c1-4-14-6-8-15(9-7-14)17-16-10-5-12(2)11-13(16)3/h5,10-11,14H,4,6-9H2,1-3H3. The molecule has 1 fully saturated rings. The largest absolute Gasteiger partial charge is 0.258 e. The molecule has 0 bridgehead atoms. The Kier molecular flexibility index (Phi) is 3.98. The number of rotatable bonds is 2. The first kappa shape index (κ1) is 12.3. The fraction of sp³-hybridized carbons (Fsp3) is 0.562. The summed E-state index contributed by atoms with van der Waals surface area (Å²) < 4.78 is 0. The molecule has 0 spiro atoms. The molecule has 1 heteroatoms. The Morgan fingerprint density at radius 2 is 1.88 bits per heavy atom. The van der Waals surface area contributed by atoms with Crippen LogP contribution in [0.5, 0.6) is 0 Å². The molecule has 0 saturated heterocycles. The summed E-state index contributed by atoms with van der Waals surface area (Å²) in [4.78, 5) is 4.84. The van der Waals surface area contributed by atoms with Crippen molar-refractivity contribution >= 4 is 11.4 Å². The Morgan fingerprint density at radius 1 is 1.18 bits per heavy atom. The Hall–Kier alpha value is -1.11. The van der Waals surface area contributed by atoms with Gasteiger partial charge in [0.25, 0.3) is 0 Å². The summed E-state index contributed by atoms with van der Waals surface area (Å²) in [7, 11) is 0. The van der Waals surface area contributed by atoms with E-state index in [1.54, 1.807) is 0 Å². The highest BCUT2D eigenvalue weighted by atomic mass is 14.8. The summed E-state index contributed by atoms with van der Waals surface area (Å²) in [6, 6.07) is 6.53. The Bertz CT molecular complexity index is 408. The van der Waals surface area contributed by atoms with E-state index in [1.165, 1.54) is 54.6 Å². The number of hydrogen-bond donors (Lipinski definition) is 0. The van der Waals surface area contributed by atoms with E-state index in [-0.39, 0.29) is 0 Å². The second kappa shape index (κ2) is 5.48. The van der Waals surface area contributed by atoms with Crippen molar-refractivity contribution < 1.29 is 0 Å². The van der Waals surface area contributed by atoms with Crippen LogP contribution in [0, 0.1) is 19.8 Å². The maximum atomic E-state index is 4.84. The van der Waals surface area contributed by atoms with E-state index in [9.17, 15) is 0 Å². The average Bonchev–Trinajstić information content (AvgIpc) is 2.34. The summed E-state index contributed by atoms with van der Waals surface area (Å²) in [5, 5.41) is 0. The van der Waals surface area contributed by atoms with Crippen molar-refractivity contribution in [2.75, 3.05) is 0 Å². The molecule has 0 atom stereocenters. The first-order valence-corrected chi connectivity index (χ1v) is 6.82. The van der Waals surface area contributed by atoms with Gasteiger partial charge in [-0.3, -0.25) is 4.99 Å². The lowest BCUT2D eigenvalue weighted by Gasteiger charge is -2.21. The molecule has 0 amide bonds. The second-order valence-electron chi connectivity index (χ2n) is 5.32. The molecule has 0 aromatic heterocycles. The molecule has 0 unspecified atom stereocenters. The Morgan fingerprint density at radius 3 is 2.47 bits per heavy atom. The van der Waals surface area contributed by atoms with Crippen LogP contribution >= 0.6 is 0 Å². The highest BCUT2D eigenvalue weighted by molar-refractivity contribution is 5.87. The van der Waals surface area contributed by atoms with Crippen LogP contribution in [0.25, 0.3) is 0 Å². The molecule has 1 aromatic carbocycles. The van der Waals surface area contributed by atoms with Crippen LogP contribution < -0.4 is 0 Å². The van der Waals surface area contributed by atoms with Gasteiger partial charge in [-0.2, -0.15) is 0 Å². The van der Waals surface area contributed by atoms with Crippen LogP contribution in [0.4, 0.5) is 5.69 Å². The molecule has 1 saturated carbocycles. The van der Waals surface area contributed by atoms with Gasteiger partial charge in [0.05, 0.1) is 5.69 Å². The third kappa shape index (κ3) is 3.18. The van der Waals surface area contributed by atoms with E-state index in [0.717, 1.165) is 5.92 Å². The summed E-state index contributed by atoms with van der Waals surface area (Å²) in [5.41, 5.74) is 5.19. The van der Waals surface area contributed by atoms with Gasteiger partial charge in [0.15, 0.2) is 0 Å². The number of hydrogen-bond acceptors (Lipinski definition) is 1. The molecule has 0 N–H and O–H groups in total. The van der Waals surface area contributed by atoms with Gasteiger partial charge in [-0.1, -0.05) is 31.0 Å². The molecule has 1 aliphatic carbocycles. The van der Waals surface area contributed by atoms with Crippen molar-refractivity contribution in [2.45, 2.75) is 52.9 Å². The lowest BCUT2D eigenvalue weighted by Crippen LogP contribution is -2.13. The second-order valence-corrected chi connectivity index (χ2v) is 5.32. The van der Waals surface area contributed by atoms with Crippen molar-refractivity contribution in [1.82, 2.24) is 0 Å². The number of aliphatic imine (C=N–C) groups is 1. The van der Waals surface area contributed by atoms with Crippen LogP contribution in [-0.2, 0) is 0 Å². The summed E-state index contributed by atoms with van der Waals surface area (Å²) in [6.07, 6.45) is 6.40. The normalized spacial score (nSPS) is 20.4. The first-order valence-electron chi connectivity index (χ1n) is 6.82. The van der Waals surface area contributed by atoms with E-state index in [2.05, 4.69) is 39.0 Å². The van der Waals surface area contributed by atoms with Crippen molar-refractivity contribution in [3.8, 4) is 0 Å². The minimum atomic E-state index is 0.938. The summed E-state index contributed by atoms with van der Waals surface area (Å²) >= 11 is 0. The lowest BCUT2D eigenvalue weighted by molar-refractivity contribution is 0.429. The van der Waals surface area contributed by atoms with Crippen LogP contribution in [0.15, 0.2) is 23.2 Å². The third-order valence-electron chi connectivity index (χ3n) is 3.89. The zero-order chi connectivity index (χ0) is 12.3. The molecule has 1 aliphatic rings. The van der Waals surface area contributed by atoms with Crippen LogP contribution in [0.2, 0.25) is 0 Å². The fourth-order valence-electron chi connectivity index (χ4n) is 2.63. The maximum absolute atomic E-state index is 4.84. The van der Waals surface area contributed by atoms with Gasteiger partial charge in [0, 0.05) is 5.71 Å². The molecule has 92 valence electrons. The van der Waals surface area contributed by atoms with Crippen molar-refractivity contribution in [3.05, 3.63) is 29.3 Å². The van der Waals surface area contributed by atoms with Crippen LogP contribution in [0.1, 0.15) is 50.2 Å². The van der Waals surface area contributed by atoms with Crippen LogP contribution in [0.3, 0.4) is 0 Å². The Balaban J connectivity index is 2.09. The number of benzene rings is 1. The van der Waals surface area contributed by atoms with Gasteiger partial charge in [-0.15, -0.1) is 0 Å². The van der Waals surface area contributed by atoms with Crippen molar-refractivity contribution in [3.63, 3.8) is 0 Å². The molecule has 2 rings (SSSR count). The zero-order valence-corrected chi connectivity index (χ0v) is 11.3. The van der Waals surface area contributed by atoms with Crippen molar-refractivity contribution in [2.24, 2.45) is 10.9 Å². The van der Waals surface area contributed by atoms with Crippen LogP contribution in [-0.4, -0.2) is 5.71 Å². The van der Waals surface area contributed by atoms with Gasteiger partial charge >= 0.3 is 0 Å². The van der Waals surface area contributed by atoms with E-state index in [4.69, 9.17) is 4.99 Å². The van der Waals surface area contributed by atoms with E-state index < -0.39 is 0 Å². The lowest BCUT2D eigenvalue weighted by atomic mass is 9.86. The van der Waals surface area contributed by atoms with E-state index in [0.29, 0.717) is 0 Å². The molecular weight excluding hydrogens is 206 g/mol. The maximum Gasteiger partial charge on any atom is 0.0658 e. The summed E-state index contributed by atoms with van der Waals surface area (Å²) in [5.74, 6) is 0.938. The average molecular weight is 229 g/mol. The highest BCUT2D eigenvalue weighted by Crippen LogP contribution is 2.27. The first-order chi connectivity index (χ1) is 8.19. The smallest absolute Gasteiger partial charge is 0.0658 e. The van der Waals surface area contributed by atoms with Gasteiger partial charge in [0.2, 0.25) is 0 Å². The fourth-order valence-corrected chi connectivity index (χ4v) is 2.63. The van der Waals surface area contributed by atoms with E-state index >= 15 is 0 Å². The molecule has 0 radical (unpaired) electrons. The predicted octanol–water partition coefficient (Wildman–Crippen LogP) is 4.98. The SMILES string of the molecule is CCC1CCC(=Nc2ccc(C)cc2C)CC1. The molecule has 0 heterocycles. The zero-order valence-electron chi connectivity index (χ0n) is 11.3. The van der Waals surface area contributed by atoms with Crippen molar-refractivity contribution in [1.29, 1.82) is 0 Å². The summed E-state index contributed by atoms with van der Waals surface area (Å²) in [6.45, 7) is 6.59. The number of nitrogens with zero attached hydrogens (tertiary/aromatic N) is 1. The minimum absolute atomic E-state index is 0.938. The van der Waals surface area contributed by atoms with Gasteiger partial charge in [-0.05, 0) is 57.1 Å².